The number of amides is 3. The molecular formula is C30H41N7O7. The summed E-state index contributed by atoms with van der Waals surface area (Å²) in [5, 5.41) is 28.1. The Morgan fingerprint density at radius 3 is 2.32 bits per heavy atom. The fraction of sp³-hybridized carbons (Fsp3) is 0.567. The van der Waals surface area contributed by atoms with Gasteiger partial charge in [-0.25, -0.2) is 9.59 Å². The van der Waals surface area contributed by atoms with Gasteiger partial charge in [0.15, 0.2) is 0 Å². The van der Waals surface area contributed by atoms with Gasteiger partial charge in [-0.05, 0) is 62.1 Å². The van der Waals surface area contributed by atoms with Crippen LogP contribution in [0.1, 0.15) is 60.4 Å². The van der Waals surface area contributed by atoms with Gasteiger partial charge in [-0.2, -0.15) is 4.80 Å². The minimum Gasteiger partial charge on any atom is -0.497 e. The van der Waals surface area contributed by atoms with Crippen molar-refractivity contribution in [2.75, 3.05) is 13.7 Å². The molecule has 238 valence electrons. The SMILES string of the molecule is C=CC1CC1(NC(=O)C1CC(n2nnc(-c3ccc(OC)cc3)n2)CN1C(=O)C(NC(=O)OC(C)(C)C)C(C)(C)C)C(=O)O. The second kappa shape index (κ2) is 11.9. The molecule has 4 rings (SSSR count). The molecule has 1 aromatic heterocycles. The number of nitrogens with zero attached hydrogens (tertiary/aromatic N) is 5. The highest BCUT2D eigenvalue weighted by Gasteiger charge is 2.61. The predicted octanol–water partition coefficient (Wildman–Crippen LogP) is 2.58. The van der Waals surface area contributed by atoms with Gasteiger partial charge >= 0.3 is 12.1 Å². The maximum Gasteiger partial charge on any atom is 0.408 e. The molecule has 14 heteroatoms. The van der Waals surface area contributed by atoms with E-state index in [1.807, 2.05) is 0 Å². The van der Waals surface area contributed by atoms with E-state index in [0.29, 0.717) is 17.1 Å². The second-order valence-electron chi connectivity index (χ2n) is 13.3. The van der Waals surface area contributed by atoms with E-state index in [4.69, 9.17) is 9.47 Å². The molecule has 44 heavy (non-hydrogen) atoms. The number of ether oxygens (including phenoxy) is 2. The number of methoxy groups -OCH3 is 1. The summed E-state index contributed by atoms with van der Waals surface area (Å²) in [6, 6.07) is 4.40. The van der Waals surface area contributed by atoms with Gasteiger partial charge < -0.3 is 30.1 Å². The normalized spacial score (nSPS) is 23.8. The average molecular weight is 612 g/mol. The zero-order valence-corrected chi connectivity index (χ0v) is 26.2. The van der Waals surface area contributed by atoms with Gasteiger partial charge in [-0.3, -0.25) is 9.59 Å². The molecule has 2 fully saturated rings. The zero-order valence-electron chi connectivity index (χ0n) is 26.2. The molecule has 1 aromatic carbocycles. The van der Waals surface area contributed by atoms with Crippen molar-refractivity contribution in [3.05, 3.63) is 36.9 Å². The number of likely N-dealkylation sites (tertiary alicyclic amines) is 1. The highest BCUT2D eigenvalue weighted by molar-refractivity contribution is 5.96. The summed E-state index contributed by atoms with van der Waals surface area (Å²) in [5.74, 6) is -1.76. The molecule has 0 bridgehead atoms. The standard InChI is InChI=1S/C30H41N7O7/c1-9-18-15-30(18,26(40)41)32-24(38)21-14-19(37-34-23(33-35-37)17-10-12-20(43-8)13-11-17)16-36(21)25(39)22(28(2,3)4)31-27(42)44-29(5,6)7/h9-13,18-19,21-22H,1,14-16H2,2-8H3,(H,31,42)(H,32,38)(H,40,41). The van der Waals surface area contributed by atoms with E-state index in [1.165, 1.54) is 15.8 Å². The first kappa shape index (κ1) is 32.4. The highest BCUT2D eigenvalue weighted by Crippen LogP contribution is 2.45. The Bertz CT molecular complexity index is 1430. The van der Waals surface area contributed by atoms with E-state index in [1.54, 1.807) is 72.9 Å². The minimum atomic E-state index is -1.49. The number of rotatable bonds is 9. The van der Waals surface area contributed by atoms with Crippen LogP contribution in [-0.2, 0) is 19.1 Å². The maximum atomic E-state index is 14.2. The number of carbonyl (C=O) groups is 4. The van der Waals surface area contributed by atoms with Gasteiger partial charge in [-0.15, -0.1) is 16.8 Å². The van der Waals surface area contributed by atoms with Gasteiger partial charge in [0.1, 0.15) is 29.0 Å². The summed E-state index contributed by atoms with van der Waals surface area (Å²) in [6.45, 7) is 14.2. The molecule has 3 amide bonds. The highest BCUT2D eigenvalue weighted by atomic mass is 16.6. The summed E-state index contributed by atoms with van der Waals surface area (Å²) in [6.07, 6.45) is 1.01. The smallest absolute Gasteiger partial charge is 0.408 e. The van der Waals surface area contributed by atoms with Crippen molar-refractivity contribution in [1.29, 1.82) is 0 Å². The third-order valence-electron chi connectivity index (χ3n) is 7.77. The largest absolute Gasteiger partial charge is 0.497 e. The lowest BCUT2D eigenvalue weighted by atomic mass is 9.85. The molecule has 1 aliphatic heterocycles. The average Bonchev–Trinajstić information content (AvgIpc) is 3.25. The number of hydrogen-bond donors (Lipinski definition) is 3. The van der Waals surface area contributed by atoms with Gasteiger partial charge in [-0.1, -0.05) is 26.8 Å². The molecule has 1 aliphatic carbocycles. The van der Waals surface area contributed by atoms with Gasteiger partial charge in [0.25, 0.3) is 0 Å². The molecule has 1 saturated heterocycles. The van der Waals surface area contributed by atoms with Crippen molar-refractivity contribution in [1.82, 2.24) is 35.7 Å². The Morgan fingerprint density at radius 1 is 1.14 bits per heavy atom. The van der Waals surface area contributed by atoms with Crippen molar-refractivity contribution in [3.63, 3.8) is 0 Å². The summed E-state index contributed by atoms with van der Waals surface area (Å²) >= 11 is 0. The van der Waals surface area contributed by atoms with E-state index >= 15 is 0 Å². The number of aromatic nitrogens is 4. The first-order chi connectivity index (χ1) is 20.5. The number of alkyl carbamates (subject to hydrolysis) is 1. The second-order valence-corrected chi connectivity index (χ2v) is 13.3. The lowest BCUT2D eigenvalue weighted by molar-refractivity contribution is -0.146. The Hall–Kier alpha value is -4.49. The van der Waals surface area contributed by atoms with E-state index in [-0.39, 0.29) is 19.4 Å². The number of hydrogen-bond acceptors (Lipinski definition) is 9. The van der Waals surface area contributed by atoms with E-state index in [0.717, 1.165) is 0 Å². The molecule has 0 radical (unpaired) electrons. The van der Waals surface area contributed by atoms with Gasteiger partial charge in [0.05, 0.1) is 13.2 Å². The molecule has 5 unspecified atom stereocenters. The summed E-state index contributed by atoms with van der Waals surface area (Å²) in [4.78, 5) is 55.5. The summed E-state index contributed by atoms with van der Waals surface area (Å²) < 4.78 is 10.6. The van der Waals surface area contributed by atoms with Crippen LogP contribution in [0, 0.1) is 11.3 Å². The molecule has 2 heterocycles. The van der Waals surface area contributed by atoms with Crippen LogP contribution >= 0.6 is 0 Å². The molecule has 14 nitrogen and oxygen atoms in total. The molecule has 0 spiro atoms. The fourth-order valence-electron chi connectivity index (χ4n) is 5.27. The molecule has 2 aromatic rings. The van der Waals surface area contributed by atoms with Crippen LogP contribution in [-0.4, -0.2) is 91.0 Å². The van der Waals surface area contributed by atoms with Crippen molar-refractivity contribution in [2.24, 2.45) is 11.3 Å². The van der Waals surface area contributed by atoms with Crippen molar-refractivity contribution >= 4 is 23.9 Å². The van der Waals surface area contributed by atoms with Crippen LogP contribution in [0.3, 0.4) is 0 Å². The lowest BCUT2D eigenvalue weighted by Crippen LogP contribution is -2.59. The van der Waals surface area contributed by atoms with Crippen LogP contribution in [0.4, 0.5) is 4.79 Å². The quantitative estimate of drug-likeness (QED) is 0.357. The minimum absolute atomic E-state index is 0.0167. The lowest BCUT2D eigenvalue weighted by Gasteiger charge is -2.36. The number of aliphatic carboxylic acids is 1. The number of benzene rings is 1. The fourth-order valence-corrected chi connectivity index (χ4v) is 5.27. The molecule has 3 N–H and O–H groups in total. The molecular weight excluding hydrogens is 570 g/mol. The van der Waals surface area contributed by atoms with E-state index < -0.39 is 64.5 Å². The first-order valence-corrected chi connectivity index (χ1v) is 14.4. The first-order valence-electron chi connectivity index (χ1n) is 14.4. The Morgan fingerprint density at radius 2 is 1.80 bits per heavy atom. The van der Waals surface area contributed by atoms with Crippen LogP contribution in [0.2, 0.25) is 0 Å². The maximum absolute atomic E-state index is 14.2. The van der Waals surface area contributed by atoms with Gasteiger partial charge in [0, 0.05) is 24.4 Å². The van der Waals surface area contributed by atoms with Crippen LogP contribution in [0.15, 0.2) is 36.9 Å². The van der Waals surface area contributed by atoms with Crippen molar-refractivity contribution in [3.8, 4) is 17.1 Å². The van der Waals surface area contributed by atoms with Crippen LogP contribution in [0.5, 0.6) is 5.75 Å². The van der Waals surface area contributed by atoms with Crippen molar-refractivity contribution < 1.29 is 33.8 Å². The number of nitrogens with one attached hydrogen (secondary N) is 2. The van der Waals surface area contributed by atoms with Crippen molar-refractivity contribution in [2.45, 2.75) is 83.6 Å². The number of tetrazole rings is 1. The Balaban J connectivity index is 1.64. The van der Waals surface area contributed by atoms with Crippen LogP contribution in [0.25, 0.3) is 11.4 Å². The third kappa shape index (κ3) is 6.84. The Kier molecular flexibility index (Phi) is 8.76. The number of carboxylic acid groups (broad SMARTS) is 1. The molecule has 1 saturated carbocycles. The third-order valence-corrected chi connectivity index (χ3v) is 7.77. The molecule has 5 atom stereocenters. The monoisotopic (exact) mass is 611 g/mol. The molecule has 2 aliphatic rings. The van der Waals surface area contributed by atoms with E-state index in [2.05, 4.69) is 32.6 Å². The summed E-state index contributed by atoms with van der Waals surface area (Å²) in [7, 11) is 1.57. The van der Waals surface area contributed by atoms with E-state index in [9.17, 15) is 24.3 Å². The number of carboxylic acids is 1. The zero-order chi connectivity index (χ0) is 32.6. The number of carbonyl (C=O) groups excluding carboxylic acids is 3. The van der Waals surface area contributed by atoms with Crippen LogP contribution < -0.4 is 15.4 Å². The topological polar surface area (TPSA) is 178 Å². The van der Waals surface area contributed by atoms with Gasteiger partial charge in [0.2, 0.25) is 17.6 Å². The predicted molar refractivity (Wildman–Crippen MR) is 158 cm³/mol. The summed E-state index contributed by atoms with van der Waals surface area (Å²) in [5.41, 5.74) is -2.36. The Labute approximate surface area is 256 Å².